The van der Waals surface area contributed by atoms with Gasteiger partial charge in [-0.2, -0.15) is 40.6 Å². The van der Waals surface area contributed by atoms with E-state index in [0.29, 0.717) is 50.5 Å². The molecule has 0 aliphatic carbocycles. The van der Waals surface area contributed by atoms with Crippen molar-refractivity contribution in [3.63, 3.8) is 0 Å². The molecule has 6 N–H and O–H groups in total. The fraction of sp³-hybridized carbons (Fsp3) is 0.151. The van der Waals surface area contributed by atoms with Crippen LogP contribution in [-0.2, 0) is 30.4 Å². The van der Waals surface area contributed by atoms with Gasteiger partial charge in [0.1, 0.15) is 45.0 Å². The Kier molecular flexibility index (Phi) is 16.9. The molecule has 0 saturated heterocycles. The van der Waals surface area contributed by atoms with Gasteiger partial charge in [-0.15, -0.1) is 15.3 Å². The number of benzene rings is 8. The number of amides is 1. The molecule has 0 saturated carbocycles. The lowest BCUT2D eigenvalue weighted by Gasteiger charge is -2.13. The summed E-state index contributed by atoms with van der Waals surface area (Å²) < 4.78 is 123. The molecule has 0 aliphatic heterocycles. The van der Waals surface area contributed by atoms with Crippen molar-refractivity contribution in [1.82, 2.24) is 0 Å². The van der Waals surface area contributed by atoms with E-state index >= 15 is 0 Å². The van der Waals surface area contributed by atoms with Crippen LogP contribution in [0.1, 0.15) is 28.8 Å². The second-order valence-electron chi connectivity index (χ2n) is 17.3. The van der Waals surface area contributed by atoms with Gasteiger partial charge in [-0.1, -0.05) is 0 Å². The predicted molar refractivity (Wildman–Crippen MR) is 294 cm³/mol. The number of azo groups is 3. The Hall–Kier alpha value is -8.92. The summed E-state index contributed by atoms with van der Waals surface area (Å²) in [4.78, 5) is 12.2. The van der Waals surface area contributed by atoms with Crippen molar-refractivity contribution < 1.29 is 67.8 Å². The van der Waals surface area contributed by atoms with Crippen LogP contribution in [-0.4, -0.2) is 83.6 Å². The second-order valence-corrected chi connectivity index (χ2v) is 21.7. The number of nitrogens with one attached hydrogen (secondary N) is 2. The van der Waals surface area contributed by atoms with E-state index in [0.717, 1.165) is 11.8 Å². The third-order valence-corrected chi connectivity index (χ3v) is 14.3. The molecule has 0 unspecified atom stereocenters. The fourth-order valence-corrected chi connectivity index (χ4v) is 9.59. The van der Waals surface area contributed by atoms with E-state index in [1.165, 1.54) is 44.6 Å². The molecule has 26 heteroatoms. The Labute approximate surface area is 452 Å². The van der Waals surface area contributed by atoms with Crippen LogP contribution >= 0.6 is 0 Å². The topological polar surface area (TPSA) is 336 Å². The zero-order chi connectivity index (χ0) is 56.6. The molecule has 408 valence electrons. The minimum atomic E-state index is -4.93. The van der Waals surface area contributed by atoms with E-state index in [4.69, 9.17) is 23.5 Å². The van der Waals surface area contributed by atoms with E-state index < -0.39 is 63.2 Å². The van der Waals surface area contributed by atoms with E-state index in [2.05, 4.69) is 41.3 Å². The van der Waals surface area contributed by atoms with E-state index in [9.17, 15) is 44.3 Å². The first-order chi connectivity index (χ1) is 37.6. The van der Waals surface area contributed by atoms with Crippen molar-refractivity contribution in [3.05, 3.63) is 145 Å². The van der Waals surface area contributed by atoms with E-state index in [1.807, 2.05) is 0 Å². The molecule has 0 radical (unpaired) electrons. The number of unbranched alkanes of at least 4 members (excludes halogenated alkanes) is 1. The summed E-state index contributed by atoms with van der Waals surface area (Å²) in [5.41, 5.74) is 3.62. The molecule has 0 spiro atoms. The van der Waals surface area contributed by atoms with Crippen LogP contribution in [0.3, 0.4) is 0 Å². The molecule has 79 heavy (non-hydrogen) atoms. The Bertz CT molecular complexity index is 4090. The van der Waals surface area contributed by atoms with Crippen LogP contribution in [0, 0.1) is 6.92 Å². The third-order valence-electron chi connectivity index (χ3n) is 11.8. The number of anilines is 3. The van der Waals surface area contributed by atoms with Gasteiger partial charge in [-0.3, -0.25) is 18.5 Å². The quantitative estimate of drug-likeness (QED) is 0.0221. The Morgan fingerprint density at radius 2 is 1.13 bits per heavy atom. The predicted octanol–water partition coefficient (Wildman–Crippen LogP) is 12.8. The molecular formula is C53H48N8O15S3. The number of carbonyl (C=O) groups is 1. The summed E-state index contributed by atoms with van der Waals surface area (Å²) >= 11 is 0. The number of aromatic hydroxyl groups is 1. The average Bonchev–Trinajstić information content (AvgIpc) is 3.41. The maximum atomic E-state index is 13.4. The number of phenols is 1. The molecule has 8 aromatic carbocycles. The Morgan fingerprint density at radius 1 is 0.544 bits per heavy atom. The summed E-state index contributed by atoms with van der Waals surface area (Å²) in [5, 5.41) is 44.1. The molecule has 0 aromatic heterocycles. The minimum absolute atomic E-state index is 0.00967. The van der Waals surface area contributed by atoms with Gasteiger partial charge in [0.05, 0.1) is 55.6 Å². The SMILES string of the molecule is COc1ccc(Nc2ccc3c(O)c(N=Nc4cc(OC)c(N=Nc5ccc(N=Nc6ccc(C(=O)Nc7ccc8c(OCCCCS(=O)(=O)O)cc(S(=O)(=O)O)cc8c7)cc6C)cc5)cc4OC)c(S(=O)(=O)O)cc3c2)cc1. The summed E-state index contributed by atoms with van der Waals surface area (Å²) in [6, 6.07) is 34.4. The van der Waals surface area contributed by atoms with E-state index in [-0.39, 0.29) is 64.4 Å². The van der Waals surface area contributed by atoms with Crippen LogP contribution in [0.2, 0.25) is 0 Å². The van der Waals surface area contributed by atoms with Gasteiger partial charge in [0.15, 0.2) is 5.75 Å². The first kappa shape index (κ1) is 56.3. The van der Waals surface area contributed by atoms with Crippen molar-refractivity contribution in [2.24, 2.45) is 30.7 Å². The highest BCUT2D eigenvalue weighted by Gasteiger charge is 2.23. The monoisotopic (exact) mass is 1130 g/mol. The van der Waals surface area contributed by atoms with Gasteiger partial charge in [0.25, 0.3) is 36.3 Å². The van der Waals surface area contributed by atoms with Gasteiger partial charge in [0, 0.05) is 51.6 Å². The molecule has 0 bridgehead atoms. The molecular weight excluding hydrogens is 1080 g/mol. The summed E-state index contributed by atoms with van der Waals surface area (Å²) in [6.07, 6.45) is 0.326. The standard InChI is InChI=1S/C53H48N8O15S3/c1-31-23-32(53(63)55-39-14-18-42-33(24-39)26-41(78(67,68)69)28-47(42)76-21-5-6-22-77(64,65)66)7-20-44(31)58-56-36-8-10-37(11-9-36)57-59-45-29-49(75-4)46(30-48(45)74-3)60-61-51-50(79(70,71)72)27-34-25-38(15-19-43(34)52(51)62)54-35-12-16-40(73-2)17-13-35/h7-20,23-30,54,62H,5-6,21-22H2,1-4H3,(H,55,63)(H,64,65,66)(H,67,68,69)(H,70,71,72). The normalized spacial score (nSPS) is 12.2. The zero-order valence-electron chi connectivity index (χ0n) is 42.2. The number of hydrogen-bond donors (Lipinski definition) is 6. The number of hydrogen-bond acceptors (Lipinski definition) is 19. The van der Waals surface area contributed by atoms with E-state index in [1.54, 1.807) is 111 Å². The Morgan fingerprint density at radius 3 is 1.72 bits per heavy atom. The minimum Gasteiger partial charge on any atom is -0.505 e. The average molecular weight is 1130 g/mol. The zero-order valence-corrected chi connectivity index (χ0v) is 44.7. The number of carbonyl (C=O) groups excluding carboxylic acids is 1. The summed E-state index contributed by atoms with van der Waals surface area (Å²) in [5.74, 6) is -0.439. The third kappa shape index (κ3) is 14.2. The van der Waals surface area contributed by atoms with Crippen LogP contribution in [0.25, 0.3) is 21.5 Å². The van der Waals surface area contributed by atoms with Gasteiger partial charge < -0.3 is 34.7 Å². The van der Waals surface area contributed by atoms with Crippen molar-refractivity contribution in [2.45, 2.75) is 29.6 Å². The molecule has 23 nitrogen and oxygen atoms in total. The van der Waals surface area contributed by atoms with Gasteiger partial charge >= 0.3 is 0 Å². The van der Waals surface area contributed by atoms with Gasteiger partial charge in [-0.05, 0) is 151 Å². The maximum absolute atomic E-state index is 13.4. The lowest BCUT2D eigenvalue weighted by Crippen LogP contribution is -2.12. The lowest BCUT2D eigenvalue weighted by molar-refractivity contribution is 0.102. The molecule has 1 amide bonds. The van der Waals surface area contributed by atoms with Crippen LogP contribution in [0.5, 0.6) is 28.7 Å². The summed E-state index contributed by atoms with van der Waals surface area (Å²) in [6.45, 7) is 1.74. The number of phenolic OH excluding ortho intramolecular Hbond substituents is 1. The number of methoxy groups -OCH3 is 3. The van der Waals surface area contributed by atoms with Crippen molar-refractivity contribution in [2.75, 3.05) is 44.3 Å². The van der Waals surface area contributed by atoms with Crippen molar-refractivity contribution in [3.8, 4) is 28.7 Å². The van der Waals surface area contributed by atoms with Crippen molar-refractivity contribution >= 4 is 109 Å². The first-order valence-electron chi connectivity index (χ1n) is 23.4. The number of nitrogens with zero attached hydrogens (tertiary/aromatic N) is 6. The number of rotatable bonds is 21. The number of aryl methyl sites for hydroxylation is 1. The van der Waals surface area contributed by atoms with Crippen LogP contribution < -0.4 is 29.6 Å². The fourth-order valence-electron chi connectivity index (χ4n) is 7.83. The highest BCUT2D eigenvalue weighted by molar-refractivity contribution is 7.86. The molecule has 8 rings (SSSR count). The van der Waals surface area contributed by atoms with Gasteiger partial charge in [0.2, 0.25) is 0 Å². The lowest BCUT2D eigenvalue weighted by atomic mass is 10.1. The molecule has 0 heterocycles. The molecule has 0 aliphatic rings. The summed E-state index contributed by atoms with van der Waals surface area (Å²) in [7, 11) is -9.45. The number of ether oxygens (including phenoxy) is 4. The van der Waals surface area contributed by atoms with Gasteiger partial charge in [-0.25, -0.2) is 0 Å². The number of fused-ring (bicyclic) bond motifs is 2. The molecule has 0 atom stereocenters. The molecule has 0 fully saturated rings. The highest BCUT2D eigenvalue weighted by atomic mass is 32.2. The largest absolute Gasteiger partial charge is 0.505 e. The maximum Gasteiger partial charge on any atom is 0.296 e. The smallest absolute Gasteiger partial charge is 0.296 e. The molecule has 8 aromatic rings. The van der Waals surface area contributed by atoms with Crippen molar-refractivity contribution in [1.29, 1.82) is 0 Å². The second kappa shape index (κ2) is 23.8. The first-order valence-corrected chi connectivity index (χ1v) is 27.9. The van der Waals surface area contributed by atoms with Crippen LogP contribution in [0.4, 0.5) is 51.2 Å². The van der Waals surface area contributed by atoms with Crippen LogP contribution in [0.15, 0.2) is 174 Å². The highest BCUT2D eigenvalue weighted by Crippen LogP contribution is 2.45. The Balaban J connectivity index is 0.926.